The van der Waals surface area contributed by atoms with Gasteiger partial charge < -0.3 is 10.4 Å². The van der Waals surface area contributed by atoms with Crippen molar-refractivity contribution >= 4 is 22.4 Å². The maximum atomic E-state index is 10.8. The number of nitrogens with zero attached hydrogens (tertiary/aromatic N) is 2. The summed E-state index contributed by atoms with van der Waals surface area (Å²) in [5.41, 5.74) is 1.79. The molecule has 0 bridgehead atoms. The summed E-state index contributed by atoms with van der Waals surface area (Å²) in [4.78, 5) is 14.8. The van der Waals surface area contributed by atoms with Crippen molar-refractivity contribution in [2.45, 2.75) is 12.5 Å². The molecule has 0 amide bonds. The minimum absolute atomic E-state index is 0.0447. The van der Waals surface area contributed by atoms with Crippen LogP contribution in [0.4, 0.5) is 11.5 Å². The summed E-state index contributed by atoms with van der Waals surface area (Å²) in [6.07, 6.45) is 0.0370. The van der Waals surface area contributed by atoms with Crippen LogP contribution in [0.5, 0.6) is 0 Å². The van der Waals surface area contributed by atoms with E-state index in [0.29, 0.717) is 29.7 Å². The number of aliphatic hydroxyl groups is 1. The van der Waals surface area contributed by atoms with Gasteiger partial charge in [-0.3, -0.25) is 10.1 Å². The van der Waals surface area contributed by atoms with Gasteiger partial charge in [-0.25, -0.2) is 4.98 Å². The predicted octanol–water partition coefficient (Wildman–Crippen LogP) is 3.16. The molecule has 1 unspecified atom stereocenters. The molecule has 1 heterocycles. The molecule has 0 aliphatic rings. The molecule has 0 radical (unpaired) electrons. The Morgan fingerprint density at radius 1 is 1.12 bits per heavy atom. The smallest absolute Gasteiger partial charge is 0.270 e. The Morgan fingerprint density at radius 2 is 1.92 bits per heavy atom. The average Bonchev–Trinajstić information content (AvgIpc) is 2.60. The maximum absolute atomic E-state index is 10.8. The van der Waals surface area contributed by atoms with Gasteiger partial charge in [-0.2, -0.15) is 0 Å². The zero-order valence-electron chi connectivity index (χ0n) is 12.9. The van der Waals surface area contributed by atoms with Crippen molar-refractivity contribution in [3.05, 3.63) is 76.3 Å². The second kappa shape index (κ2) is 7.06. The Morgan fingerprint density at radius 3 is 2.67 bits per heavy atom. The van der Waals surface area contributed by atoms with Crippen LogP contribution in [0.25, 0.3) is 10.9 Å². The number of rotatable bonds is 6. The molecule has 6 heteroatoms. The molecule has 2 aromatic carbocycles. The Bertz CT molecular complexity index is 853. The first-order valence-electron chi connectivity index (χ1n) is 7.63. The summed E-state index contributed by atoms with van der Waals surface area (Å²) in [7, 11) is 0. The molecular formula is C18H17N3O3. The largest absolute Gasteiger partial charge is 0.391 e. The Kier molecular flexibility index (Phi) is 4.67. The van der Waals surface area contributed by atoms with Crippen LogP contribution in [0.2, 0.25) is 0 Å². The molecule has 1 atom stereocenters. The molecule has 0 saturated heterocycles. The highest BCUT2D eigenvalue weighted by Crippen LogP contribution is 2.21. The normalized spacial score (nSPS) is 12.0. The van der Waals surface area contributed by atoms with Crippen molar-refractivity contribution in [3.8, 4) is 0 Å². The first kappa shape index (κ1) is 15.9. The lowest BCUT2D eigenvalue weighted by atomic mass is 10.1. The van der Waals surface area contributed by atoms with Crippen molar-refractivity contribution in [1.29, 1.82) is 0 Å². The number of fused-ring (bicyclic) bond motifs is 1. The summed E-state index contributed by atoms with van der Waals surface area (Å²) in [5.74, 6) is 0.628. The fraction of sp³-hybridized carbons (Fsp3) is 0.167. The number of hydrogen-bond donors (Lipinski definition) is 2. The van der Waals surface area contributed by atoms with E-state index in [1.165, 1.54) is 12.1 Å². The molecule has 0 aliphatic heterocycles. The summed E-state index contributed by atoms with van der Waals surface area (Å²) in [5, 5.41) is 24.7. The standard InChI is InChI=1S/C18H17N3O3/c22-16(10-13-4-2-1-3-5-13)12-19-18-9-6-14-11-15(21(23)24)7-8-17(14)20-18/h1-9,11,16,22H,10,12H2,(H,19,20). The highest BCUT2D eigenvalue weighted by Gasteiger charge is 2.09. The second-order valence-corrected chi connectivity index (χ2v) is 5.56. The number of pyridine rings is 1. The minimum atomic E-state index is -0.526. The lowest BCUT2D eigenvalue weighted by molar-refractivity contribution is -0.384. The van der Waals surface area contributed by atoms with E-state index in [1.54, 1.807) is 18.2 Å². The quantitative estimate of drug-likeness (QED) is 0.537. The molecule has 0 saturated carbocycles. The third kappa shape index (κ3) is 3.85. The number of hydrogen-bond acceptors (Lipinski definition) is 5. The van der Waals surface area contributed by atoms with E-state index >= 15 is 0 Å². The van der Waals surface area contributed by atoms with Gasteiger partial charge in [0.1, 0.15) is 5.82 Å². The number of non-ortho nitro benzene ring substituents is 1. The molecule has 1 aromatic heterocycles. The topological polar surface area (TPSA) is 88.3 Å². The van der Waals surface area contributed by atoms with Gasteiger partial charge in [-0.05, 0) is 23.8 Å². The fourth-order valence-corrected chi connectivity index (χ4v) is 2.51. The van der Waals surface area contributed by atoms with E-state index in [-0.39, 0.29) is 5.69 Å². The molecule has 3 rings (SSSR count). The van der Waals surface area contributed by atoms with Crippen molar-refractivity contribution in [1.82, 2.24) is 4.98 Å². The second-order valence-electron chi connectivity index (χ2n) is 5.56. The third-order valence-electron chi connectivity index (χ3n) is 3.72. The predicted molar refractivity (Wildman–Crippen MR) is 93.0 cm³/mol. The van der Waals surface area contributed by atoms with Gasteiger partial charge in [0.2, 0.25) is 0 Å². The number of nitro benzene ring substituents is 1. The van der Waals surface area contributed by atoms with Gasteiger partial charge in [-0.15, -0.1) is 0 Å². The van der Waals surface area contributed by atoms with Gasteiger partial charge in [-0.1, -0.05) is 30.3 Å². The Balaban J connectivity index is 1.65. The van der Waals surface area contributed by atoms with E-state index in [9.17, 15) is 15.2 Å². The van der Waals surface area contributed by atoms with Crippen molar-refractivity contribution < 1.29 is 10.0 Å². The number of nitrogens with one attached hydrogen (secondary N) is 1. The monoisotopic (exact) mass is 323 g/mol. The Labute approximate surface area is 138 Å². The van der Waals surface area contributed by atoms with Gasteiger partial charge in [0.25, 0.3) is 5.69 Å². The molecule has 0 fully saturated rings. The van der Waals surface area contributed by atoms with Crippen LogP contribution in [0, 0.1) is 10.1 Å². The Hall–Kier alpha value is -2.99. The zero-order chi connectivity index (χ0) is 16.9. The van der Waals surface area contributed by atoms with Crippen LogP contribution in [0.15, 0.2) is 60.7 Å². The van der Waals surface area contributed by atoms with Crippen LogP contribution in [0.1, 0.15) is 5.56 Å². The SMILES string of the molecule is O=[N+]([O-])c1ccc2nc(NCC(O)Cc3ccccc3)ccc2c1. The highest BCUT2D eigenvalue weighted by atomic mass is 16.6. The highest BCUT2D eigenvalue weighted by molar-refractivity contribution is 5.82. The van der Waals surface area contributed by atoms with Crippen molar-refractivity contribution in [2.24, 2.45) is 0 Å². The molecular weight excluding hydrogens is 306 g/mol. The van der Waals surface area contributed by atoms with E-state index in [4.69, 9.17) is 0 Å². The lowest BCUT2D eigenvalue weighted by Crippen LogP contribution is -2.22. The summed E-state index contributed by atoms with van der Waals surface area (Å²) >= 11 is 0. The third-order valence-corrected chi connectivity index (χ3v) is 3.72. The van der Waals surface area contributed by atoms with Crippen LogP contribution < -0.4 is 5.32 Å². The summed E-state index contributed by atoms with van der Waals surface area (Å²) in [6.45, 7) is 0.375. The zero-order valence-corrected chi connectivity index (χ0v) is 12.9. The molecule has 2 N–H and O–H groups in total. The van der Waals surface area contributed by atoms with E-state index in [1.807, 2.05) is 30.3 Å². The molecule has 0 spiro atoms. The van der Waals surface area contributed by atoms with Crippen LogP contribution in [0.3, 0.4) is 0 Å². The van der Waals surface area contributed by atoms with Gasteiger partial charge >= 0.3 is 0 Å². The van der Waals surface area contributed by atoms with Crippen LogP contribution >= 0.6 is 0 Å². The van der Waals surface area contributed by atoms with Crippen molar-refractivity contribution in [3.63, 3.8) is 0 Å². The summed E-state index contributed by atoms with van der Waals surface area (Å²) < 4.78 is 0. The van der Waals surface area contributed by atoms with Crippen LogP contribution in [-0.2, 0) is 6.42 Å². The van der Waals surface area contributed by atoms with E-state index < -0.39 is 11.0 Å². The molecule has 6 nitrogen and oxygen atoms in total. The number of aromatic nitrogens is 1. The minimum Gasteiger partial charge on any atom is -0.391 e. The number of benzene rings is 2. The van der Waals surface area contributed by atoms with E-state index in [0.717, 1.165) is 5.56 Å². The fourth-order valence-electron chi connectivity index (χ4n) is 2.51. The molecule has 122 valence electrons. The molecule has 3 aromatic rings. The van der Waals surface area contributed by atoms with E-state index in [2.05, 4.69) is 10.3 Å². The lowest BCUT2D eigenvalue weighted by Gasteiger charge is -2.12. The maximum Gasteiger partial charge on any atom is 0.270 e. The van der Waals surface area contributed by atoms with Gasteiger partial charge in [0.15, 0.2) is 0 Å². The van der Waals surface area contributed by atoms with Crippen molar-refractivity contribution in [2.75, 3.05) is 11.9 Å². The molecule has 0 aliphatic carbocycles. The average molecular weight is 323 g/mol. The first-order chi connectivity index (χ1) is 11.6. The summed E-state index contributed by atoms with van der Waals surface area (Å²) in [6, 6.07) is 17.9. The molecule has 24 heavy (non-hydrogen) atoms. The van der Waals surface area contributed by atoms with Gasteiger partial charge in [0, 0.05) is 30.5 Å². The number of anilines is 1. The van der Waals surface area contributed by atoms with Crippen LogP contribution in [-0.4, -0.2) is 27.7 Å². The number of aliphatic hydroxyl groups excluding tert-OH is 1. The first-order valence-corrected chi connectivity index (χ1v) is 7.63. The van der Waals surface area contributed by atoms with Gasteiger partial charge in [0.05, 0.1) is 16.5 Å². The number of nitro groups is 1.